The lowest BCUT2D eigenvalue weighted by molar-refractivity contribution is 0.786. The van der Waals surface area contributed by atoms with Gasteiger partial charge in [-0.05, 0) is 13.0 Å². The second kappa shape index (κ2) is 2.38. The summed E-state index contributed by atoms with van der Waals surface area (Å²) in [6, 6.07) is 9.02. The van der Waals surface area contributed by atoms with Crippen molar-refractivity contribution >= 4 is 11.0 Å². The molecular weight excluding hydrogens is 136 g/mol. The van der Waals surface area contributed by atoms with E-state index in [9.17, 15) is 0 Å². The molecule has 2 heteroatoms. The molecule has 0 aliphatic rings. The van der Waals surface area contributed by atoms with E-state index in [0.29, 0.717) is 0 Å². The third kappa shape index (κ3) is 0.909. The van der Waals surface area contributed by atoms with Gasteiger partial charge >= 0.3 is 0 Å². The van der Waals surface area contributed by atoms with Gasteiger partial charge in [0.25, 0.3) is 0 Å². The molecule has 11 heavy (non-hydrogen) atoms. The topological polar surface area (TPSA) is 17.8 Å². The molecule has 2 aromatic rings. The Hall–Kier alpha value is -1.31. The number of imidazole rings is 1. The largest absolute Gasteiger partial charge is 0.330 e. The highest BCUT2D eigenvalue weighted by atomic mass is 15.0. The van der Waals surface area contributed by atoms with Crippen LogP contribution in [0.4, 0.5) is 0 Å². The Labute approximate surface area is 65.5 Å². The van der Waals surface area contributed by atoms with Crippen LogP contribution in [0.25, 0.3) is 11.0 Å². The van der Waals surface area contributed by atoms with Crippen LogP contribution in [-0.4, -0.2) is 9.55 Å². The molecule has 0 saturated carbocycles. The van der Waals surface area contributed by atoms with Crippen molar-refractivity contribution in [3.05, 3.63) is 30.6 Å². The van der Waals surface area contributed by atoms with Gasteiger partial charge < -0.3 is 4.57 Å². The van der Waals surface area contributed by atoms with Crippen molar-refractivity contribution in [3.8, 4) is 0 Å². The van der Waals surface area contributed by atoms with Crippen LogP contribution in [0.2, 0.25) is 0 Å². The second-order valence-electron chi connectivity index (χ2n) is 2.43. The van der Waals surface area contributed by atoms with E-state index in [4.69, 9.17) is 0 Å². The highest BCUT2D eigenvalue weighted by Crippen LogP contribution is 2.09. The molecule has 0 atom stereocenters. The number of hydrogen-bond donors (Lipinski definition) is 0. The first-order valence-corrected chi connectivity index (χ1v) is 3.73. The molecule has 1 radical (unpaired) electrons. The molecule has 1 aromatic carbocycles. The average Bonchev–Trinajstić information content (AvgIpc) is 2.47. The summed E-state index contributed by atoms with van der Waals surface area (Å²) < 4.78 is 2.08. The van der Waals surface area contributed by atoms with Gasteiger partial charge in [-0.15, -0.1) is 0 Å². The maximum atomic E-state index is 4.22. The summed E-state index contributed by atoms with van der Waals surface area (Å²) in [6.07, 6.45) is 1.85. The van der Waals surface area contributed by atoms with E-state index in [1.165, 1.54) is 0 Å². The van der Waals surface area contributed by atoms with Crippen LogP contribution >= 0.6 is 0 Å². The molecule has 0 fully saturated rings. The third-order valence-electron chi connectivity index (χ3n) is 1.78. The number of aryl methyl sites for hydroxylation is 1. The summed E-state index contributed by atoms with van der Waals surface area (Å²) in [4.78, 5) is 4.22. The Morgan fingerprint density at radius 3 is 3.36 bits per heavy atom. The standard InChI is InChI=1S/C9H9N2/c1-2-11-7-10-8-5-3-4-6-9(8)11/h3-5,7H,2H2,1H3. The van der Waals surface area contributed by atoms with Gasteiger partial charge in [0.1, 0.15) is 0 Å². The first-order valence-electron chi connectivity index (χ1n) is 3.73. The predicted molar refractivity (Wildman–Crippen MR) is 44.2 cm³/mol. The van der Waals surface area contributed by atoms with Crippen LogP contribution in [0.15, 0.2) is 24.5 Å². The van der Waals surface area contributed by atoms with Crippen LogP contribution in [0.3, 0.4) is 0 Å². The van der Waals surface area contributed by atoms with Gasteiger partial charge in [0.2, 0.25) is 0 Å². The lowest BCUT2D eigenvalue weighted by atomic mass is 10.3. The molecule has 0 spiro atoms. The number of benzene rings is 1. The maximum Gasteiger partial charge on any atom is 0.0958 e. The molecule has 0 aliphatic heterocycles. The number of nitrogens with zero attached hydrogens (tertiary/aromatic N) is 2. The van der Waals surface area contributed by atoms with Gasteiger partial charge in [0.05, 0.1) is 17.4 Å². The molecule has 0 bridgehead atoms. The molecular formula is C9H9N2. The van der Waals surface area contributed by atoms with Gasteiger partial charge in [0.15, 0.2) is 0 Å². The first kappa shape index (κ1) is 6.40. The van der Waals surface area contributed by atoms with Crippen molar-refractivity contribution in [2.45, 2.75) is 13.5 Å². The van der Waals surface area contributed by atoms with Crippen molar-refractivity contribution in [3.63, 3.8) is 0 Å². The van der Waals surface area contributed by atoms with Crippen LogP contribution < -0.4 is 0 Å². The fraction of sp³-hybridized carbons (Fsp3) is 0.222. The third-order valence-corrected chi connectivity index (χ3v) is 1.78. The zero-order valence-electron chi connectivity index (χ0n) is 6.41. The zero-order valence-corrected chi connectivity index (χ0v) is 6.41. The van der Waals surface area contributed by atoms with Crippen LogP contribution in [0.5, 0.6) is 0 Å². The van der Waals surface area contributed by atoms with Crippen LogP contribution in [0, 0.1) is 6.07 Å². The summed E-state index contributed by atoms with van der Waals surface area (Å²) >= 11 is 0. The molecule has 2 rings (SSSR count). The highest BCUT2D eigenvalue weighted by molar-refractivity contribution is 5.74. The molecule has 0 N–H and O–H groups in total. The fourth-order valence-electron chi connectivity index (χ4n) is 1.18. The summed E-state index contributed by atoms with van der Waals surface area (Å²) in [7, 11) is 0. The lowest BCUT2D eigenvalue weighted by Gasteiger charge is -1.95. The van der Waals surface area contributed by atoms with E-state index in [1.807, 2.05) is 24.5 Å². The normalized spacial score (nSPS) is 10.6. The SMILES string of the molecule is CCn1cnc2ccc[c]c21. The van der Waals surface area contributed by atoms with E-state index in [-0.39, 0.29) is 0 Å². The van der Waals surface area contributed by atoms with Gasteiger partial charge in [-0.2, -0.15) is 0 Å². The van der Waals surface area contributed by atoms with Gasteiger partial charge in [-0.25, -0.2) is 4.98 Å². The number of hydrogen-bond acceptors (Lipinski definition) is 1. The molecule has 0 amide bonds. The minimum Gasteiger partial charge on any atom is -0.330 e. The van der Waals surface area contributed by atoms with Gasteiger partial charge in [-0.1, -0.05) is 12.1 Å². The van der Waals surface area contributed by atoms with Crippen molar-refractivity contribution < 1.29 is 0 Å². The Balaban J connectivity index is 2.76. The minimum atomic E-state index is 0.955. The van der Waals surface area contributed by atoms with E-state index in [1.54, 1.807) is 0 Å². The van der Waals surface area contributed by atoms with Crippen molar-refractivity contribution in [1.29, 1.82) is 0 Å². The molecule has 0 unspecified atom stereocenters. The van der Waals surface area contributed by atoms with Crippen molar-refractivity contribution in [2.24, 2.45) is 0 Å². The Bertz CT molecular complexity index is 362. The van der Waals surface area contributed by atoms with Gasteiger partial charge in [0, 0.05) is 12.6 Å². The first-order chi connectivity index (χ1) is 5.42. The lowest BCUT2D eigenvalue weighted by Crippen LogP contribution is -1.89. The number of fused-ring (bicyclic) bond motifs is 1. The summed E-state index contributed by atoms with van der Waals surface area (Å²) in [5, 5.41) is 0. The molecule has 1 heterocycles. The van der Waals surface area contributed by atoms with Gasteiger partial charge in [-0.3, -0.25) is 0 Å². The van der Waals surface area contributed by atoms with E-state index in [0.717, 1.165) is 17.6 Å². The smallest absolute Gasteiger partial charge is 0.0958 e. The quantitative estimate of drug-likeness (QED) is 0.598. The number of rotatable bonds is 1. The molecule has 0 saturated heterocycles. The van der Waals surface area contributed by atoms with E-state index >= 15 is 0 Å². The predicted octanol–water partition coefficient (Wildman–Crippen LogP) is 1.86. The monoisotopic (exact) mass is 145 g/mol. The minimum absolute atomic E-state index is 0.955. The summed E-state index contributed by atoms with van der Waals surface area (Å²) in [6.45, 7) is 3.05. The van der Waals surface area contributed by atoms with Crippen LogP contribution in [0.1, 0.15) is 6.92 Å². The van der Waals surface area contributed by atoms with E-state index < -0.39 is 0 Å². The van der Waals surface area contributed by atoms with Crippen molar-refractivity contribution in [2.75, 3.05) is 0 Å². The maximum absolute atomic E-state index is 4.22. The average molecular weight is 145 g/mol. The van der Waals surface area contributed by atoms with Crippen LogP contribution in [-0.2, 0) is 6.54 Å². The highest BCUT2D eigenvalue weighted by Gasteiger charge is 1.97. The molecule has 0 aliphatic carbocycles. The number of aromatic nitrogens is 2. The molecule has 1 aromatic heterocycles. The summed E-state index contributed by atoms with van der Waals surface area (Å²) in [5.41, 5.74) is 2.12. The van der Waals surface area contributed by atoms with E-state index in [2.05, 4.69) is 22.5 Å². The zero-order chi connectivity index (χ0) is 7.68. The molecule has 2 nitrogen and oxygen atoms in total. The summed E-state index contributed by atoms with van der Waals surface area (Å²) in [5.74, 6) is 0. The van der Waals surface area contributed by atoms with Crippen molar-refractivity contribution in [1.82, 2.24) is 9.55 Å². The Kier molecular flexibility index (Phi) is 1.39. The Morgan fingerprint density at radius 1 is 1.64 bits per heavy atom. The second-order valence-corrected chi connectivity index (χ2v) is 2.43. The number of para-hydroxylation sites is 1. The molecule has 55 valence electrons. The fourth-order valence-corrected chi connectivity index (χ4v) is 1.18. The Morgan fingerprint density at radius 2 is 2.55 bits per heavy atom.